The van der Waals surface area contributed by atoms with E-state index in [1.54, 1.807) is 0 Å². The van der Waals surface area contributed by atoms with Gasteiger partial charge in [0.2, 0.25) is 11.6 Å². The second kappa shape index (κ2) is 3.79. The Labute approximate surface area is 112 Å². The van der Waals surface area contributed by atoms with Crippen LogP contribution in [0.4, 0.5) is 0 Å². The molecule has 4 heteroatoms. The molecule has 3 aliphatic rings. The Morgan fingerprint density at radius 3 is 2.26 bits per heavy atom. The van der Waals surface area contributed by atoms with E-state index < -0.39 is 11.6 Å². The molecule has 19 heavy (non-hydrogen) atoms. The van der Waals surface area contributed by atoms with Crippen LogP contribution in [0.15, 0.2) is 30.3 Å². The van der Waals surface area contributed by atoms with E-state index in [2.05, 4.69) is 38.1 Å². The maximum Gasteiger partial charge on any atom is 0.243 e. The molecule has 3 unspecified atom stereocenters. The lowest BCUT2D eigenvalue weighted by Gasteiger charge is -2.27. The lowest BCUT2D eigenvalue weighted by Crippen LogP contribution is -2.28. The van der Waals surface area contributed by atoms with Crippen molar-refractivity contribution in [3.63, 3.8) is 0 Å². The van der Waals surface area contributed by atoms with Crippen LogP contribution in [0.5, 0.6) is 0 Å². The molecule has 2 saturated heterocycles. The Balaban J connectivity index is 1.70. The van der Waals surface area contributed by atoms with E-state index in [1.165, 1.54) is 5.56 Å². The van der Waals surface area contributed by atoms with Crippen molar-refractivity contribution in [1.82, 2.24) is 0 Å². The Hall–Kier alpha value is -0.940. The van der Waals surface area contributed by atoms with Gasteiger partial charge in [-0.3, -0.25) is 0 Å². The molecule has 3 atom stereocenters. The van der Waals surface area contributed by atoms with Crippen molar-refractivity contribution >= 4 is 0 Å². The molecule has 1 aromatic carbocycles. The van der Waals surface area contributed by atoms with Crippen LogP contribution in [0.3, 0.4) is 0 Å². The van der Waals surface area contributed by atoms with Gasteiger partial charge in [-0.05, 0) is 17.9 Å². The maximum atomic E-state index is 5.36. The largest absolute Gasteiger partial charge is 0.243 e. The summed E-state index contributed by atoms with van der Waals surface area (Å²) in [5.41, 5.74) is 1.33. The first-order valence-corrected chi connectivity index (χ1v) is 6.99. The van der Waals surface area contributed by atoms with E-state index in [4.69, 9.17) is 19.6 Å². The SMILES string of the molecule is CCC(c1ccccc1)C1C(C)C2(CC13OO3)OO2. The minimum Gasteiger partial charge on any atom is -0.194 e. The molecule has 4 nitrogen and oxygen atoms in total. The average Bonchev–Trinajstić information content (AvgIpc) is 3.34. The second-order valence-corrected chi connectivity index (χ2v) is 5.87. The third-order valence-electron chi connectivity index (χ3n) is 4.93. The summed E-state index contributed by atoms with van der Waals surface area (Å²) in [6.45, 7) is 4.38. The van der Waals surface area contributed by atoms with Crippen molar-refractivity contribution < 1.29 is 19.6 Å². The molecule has 0 radical (unpaired) electrons. The van der Waals surface area contributed by atoms with Crippen molar-refractivity contribution in [2.24, 2.45) is 11.8 Å². The Bertz CT molecular complexity index is 478. The zero-order valence-corrected chi connectivity index (χ0v) is 11.2. The lowest BCUT2D eigenvalue weighted by atomic mass is 9.76. The topological polar surface area (TPSA) is 50.1 Å². The first-order valence-electron chi connectivity index (χ1n) is 6.99. The van der Waals surface area contributed by atoms with E-state index in [0.29, 0.717) is 12.3 Å². The standard InChI is InChI=1S/C15H18O4/c1-3-12(11-7-5-4-6-8-11)13-10(2)14(16-17-14)9-15(13)18-19-15/h4-8,10,12-13H,3,9H2,1-2H3. The summed E-state index contributed by atoms with van der Waals surface area (Å²) >= 11 is 0. The van der Waals surface area contributed by atoms with Gasteiger partial charge in [0, 0.05) is 11.8 Å². The van der Waals surface area contributed by atoms with Crippen molar-refractivity contribution in [3.8, 4) is 0 Å². The molecule has 2 heterocycles. The number of hydrogen-bond acceptors (Lipinski definition) is 4. The first-order chi connectivity index (χ1) is 9.21. The van der Waals surface area contributed by atoms with Gasteiger partial charge in [0.05, 0.1) is 6.42 Å². The molecule has 0 aromatic heterocycles. The van der Waals surface area contributed by atoms with Gasteiger partial charge in [-0.1, -0.05) is 44.2 Å². The fraction of sp³-hybridized carbons (Fsp3) is 0.600. The summed E-state index contributed by atoms with van der Waals surface area (Å²) in [5.74, 6) is -0.0380. The van der Waals surface area contributed by atoms with Gasteiger partial charge in [0.1, 0.15) is 0 Å². The fourth-order valence-electron chi connectivity index (χ4n) is 3.82. The highest BCUT2D eigenvalue weighted by molar-refractivity contribution is 5.24. The van der Waals surface area contributed by atoms with Gasteiger partial charge < -0.3 is 0 Å². The Morgan fingerprint density at radius 1 is 1.11 bits per heavy atom. The molecule has 0 N–H and O–H groups in total. The third-order valence-corrected chi connectivity index (χ3v) is 4.93. The van der Waals surface area contributed by atoms with Gasteiger partial charge in [0.25, 0.3) is 0 Å². The molecule has 102 valence electrons. The van der Waals surface area contributed by atoms with Crippen LogP contribution in [0.25, 0.3) is 0 Å². The molecular formula is C15H18O4. The zero-order valence-electron chi connectivity index (χ0n) is 11.2. The van der Waals surface area contributed by atoms with Crippen LogP contribution in [0, 0.1) is 11.8 Å². The van der Waals surface area contributed by atoms with Crippen LogP contribution in [-0.2, 0) is 19.6 Å². The van der Waals surface area contributed by atoms with Crippen molar-refractivity contribution in [1.29, 1.82) is 0 Å². The minimum atomic E-state index is -0.494. The zero-order chi connectivity index (χ0) is 13.1. The summed E-state index contributed by atoms with van der Waals surface area (Å²) in [5, 5.41) is 0. The summed E-state index contributed by atoms with van der Waals surface area (Å²) in [7, 11) is 0. The molecule has 2 aliphatic heterocycles. The summed E-state index contributed by atoms with van der Waals surface area (Å²) in [6, 6.07) is 10.6. The van der Waals surface area contributed by atoms with Crippen LogP contribution < -0.4 is 0 Å². The average molecular weight is 262 g/mol. The van der Waals surface area contributed by atoms with Crippen LogP contribution in [0.1, 0.15) is 38.2 Å². The Morgan fingerprint density at radius 2 is 1.74 bits per heavy atom. The summed E-state index contributed by atoms with van der Waals surface area (Å²) < 4.78 is 0. The smallest absolute Gasteiger partial charge is 0.194 e. The molecule has 3 fully saturated rings. The van der Waals surface area contributed by atoms with Gasteiger partial charge in [-0.2, -0.15) is 19.6 Å². The second-order valence-electron chi connectivity index (χ2n) is 5.87. The monoisotopic (exact) mass is 262 g/mol. The molecular weight excluding hydrogens is 244 g/mol. The lowest BCUT2D eigenvalue weighted by molar-refractivity contribution is 0.0850. The van der Waals surface area contributed by atoms with E-state index in [0.717, 1.165) is 6.42 Å². The fourth-order valence-corrected chi connectivity index (χ4v) is 3.82. The van der Waals surface area contributed by atoms with Crippen molar-refractivity contribution in [2.45, 2.75) is 44.2 Å². The highest BCUT2D eigenvalue weighted by Crippen LogP contribution is 2.66. The molecule has 1 aliphatic carbocycles. The van der Waals surface area contributed by atoms with Crippen molar-refractivity contribution in [2.75, 3.05) is 0 Å². The van der Waals surface area contributed by atoms with Gasteiger partial charge in [0.15, 0.2) is 0 Å². The number of benzene rings is 1. The maximum absolute atomic E-state index is 5.36. The van der Waals surface area contributed by atoms with E-state index in [9.17, 15) is 0 Å². The number of rotatable bonds is 3. The third kappa shape index (κ3) is 1.61. The predicted octanol–water partition coefficient (Wildman–Crippen LogP) is 3.15. The van der Waals surface area contributed by atoms with Gasteiger partial charge >= 0.3 is 0 Å². The Kier molecular flexibility index (Phi) is 2.37. The molecule has 0 bridgehead atoms. The molecule has 1 aromatic rings. The van der Waals surface area contributed by atoms with E-state index in [1.807, 2.05) is 6.07 Å². The molecule has 2 spiro atoms. The minimum absolute atomic E-state index is 0.264. The van der Waals surface area contributed by atoms with Gasteiger partial charge in [-0.25, -0.2) is 0 Å². The summed E-state index contributed by atoms with van der Waals surface area (Å²) in [6.07, 6.45) is 1.72. The molecule has 1 saturated carbocycles. The summed E-state index contributed by atoms with van der Waals surface area (Å²) in [4.78, 5) is 21.2. The highest BCUT2D eigenvalue weighted by Gasteiger charge is 2.78. The van der Waals surface area contributed by atoms with Crippen LogP contribution >= 0.6 is 0 Å². The molecule has 0 amide bonds. The van der Waals surface area contributed by atoms with E-state index >= 15 is 0 Å². The normalized spacial score (nSPS) is 34.6. The quantitative estimate of drug-likeness (QED) is 0.620. The number of hydrogen-bond donors (Lipinski definition) is 0. The van der Waals surface area contributed by atoms with E-state index in [-0.39, 0.29) is 11.8 Å². The highest BCUT2D eigenvalue weighted by atomic mass is 17.4. The van der Waals surface area contributed by atoms with Crippen LogP contribution in [0.2, 0.25) is 0 Å². The predicted molar refractivity (Wildman–Crippen MR) is 66.5 cm³/mol. The molecule has 4 rings (SSSR count). The van der Waals surface area contributed by atoms with Crippen LogP contribution in [-0.4, -0.2) is 11.6 Å². The first kappa shape index (κ1) is 11.9. The van der Waals surface area contributed by atoms with Gasteiger partial charge in [-0.15, -0.1) is 0 Å². The van der Waals surface area contributed by atoms with Crippen molar-refractivity contribution in [3.05, 3.63) is 35.9 Å².